The molecular formula is C65H125NO5. The number of hydrogen-bond donors (Lipinski definition) is 3. The molecule has 0 saturated heterocycles. The number of aliphatic hydroxyl groups excluding tert-OH is 2. The van der Waals surface area contributed by atoms with Gasteiger partial charge in [-0.3, -0.25) is 9.59 Å². The minimum absolute atomic E-state index is 0.0330. The van der Waals surface area contributed by atoms with Gasteiger partial charge in [-0.15, -0.1) is 0 Å². The Balaban J connectivity index is 3.44. The van der Waals surface area contributed by atoms with Crippen LogP contribution in [0.1, 0.15) is 354 Å². The summed E-state index contributed by atoms with van der Waals surface area (Å²) in [6.07, 6.45) is 74.9. The minimum atomic E-state index is -0.668. The fourth-order valence-corrected chi connectivity index (χ4v) is 10.1. The van der Waals surface area contributed by atoms with Crippen molar-refractivity contribution in [2.24, 2.45) is 0 Å². The highest BCUT2D eigenvalue weighted by molar-refractivity contribution is 5.76. The Bertz CT molecular complexity index is 1110. The molecule has 0 aromatic rings. The molecule has 0 radical (unpaired) electrons. The molecule has 0 aromatic heterocycles. The second kappa shape index (κ2) is 60.9. The first-order chi connectivity index (χ1) is 35.0. The van der Waals surface area contributed by atoms with Crippen LogP contribution in [0.3, 0.4) is 0 Å². The van der Waals surface area contributed by atoms with Crippen LogP contribution >= 0.6 is 0 Å². The zero-order valence-electron chi connectivity index (χ0n) is 48.0. The summed E-state index contributed by atoms with van der Waals surface area (Å²) in [6.45, 7) is 4.87. The summed E-state index contributed by atoms with van der Waals surface area (Å²) in [5, 5.41) is 23.4. The highest BCUT2D eigenvalue weighted by Crippen LogP contribution is 2.18. The van der Waals surface area contributed by atoms with E-state index in [0.29, 0.717) is 25.9 Å². The average Bonchev–Trinajstić information content (AvgIpc) is 3.37. The first-order valence-electron chi connectivity index (χ1n) is 32.1. The third-order valence-electron chi connectivity index (χ3n) is 15.0. The van der Waals surface area contributed by atoms with E-state index in [2.05, 4.69) is 43.5 Å². The Hall–Kier alpha value is -1.66. The highest BCUT2D eigenvalue weighted by atomic mass is 16.5. The van der Waals surface area contributed by atoms with Gasteiger partial charge in [0.05, 0.1) is 25.4 Å². The number of amides is 1. The lowest BCUT2D eigenvalue weighted by molar-refractivity contribution is -0.143. The maximum absolute atomic E-state index is 12.5. The first-order valence-corrected chi connectivity index (χ1v) is 32.1. The predicted octanol–water partition coefficient (Wildman–Crippen LogP) is 20.2. The van der Waals surface area contributed by atoms with Crippen molar-refractivity contribution < 1.29 is 24.5 Å². The molecule has 6 heteroatoms. The van der Waals surface area contributed by atoms with Crippen LogP contribution in [0.25, 0.3) is 0 Å². The molecule has 0 rings (SSSR count). The molecule has 71 heavy (non-hydrogen) atoms. The van der Waals surface area contributed by atoms with Crippen molar-refractivity contribution in [3.63, 3.8) is 0 Å². The van der Waals surface area contributed by atoms with Gasteiger partial charge >= 0.3 is 5.97 Å². The Morgan fingerprint density at radius 2 is 0.704 bits per heavy atom. The van der Waals surface area contributed by atoms with Gasteiger partial charge in [0.25, 0.3) is 0 Å². The average molecular weight is 1000 g/mol. The van der Waals surface area contributed by atoms with Gasteiger partial charge in [-0.05, 0) is 44.9 Å². The summed E-state index contributed by atoms with van der Waals surface area (Å²) in [5.74, 6) is -0.0692. The normalized spacial score (nSPS) is 12.7. The number of nitrogens with one attached hydrogen (secondary N) is 1. The zero-order chi connectivity index (χ0) is 51.4. The quantitative estimate of drug-likeness (QED) is 0.0320. The van der Waals surface area contributed by atoms with E-state index < -0.39 is 12.1 Å². The van der Waals surface area contributed by atoms with E-state index in [0.717, 1.165) is 51.4 Å². The lowest BCUT2D eigenvalue weighted by Crippen LogP contribution is -2.45. The van der Waals surface area contributed by atoms with Crippen LogP contribution in [0.2, 0.25) is 0 Å². The summed E-state index contributed by atoms with van der Waals surface area (Å²) in [7, 11) is 0. The molecule has 0 heterocycles. The van der Waals surface area contributed by atoms with Gasteiger partial charge in [0.15, 0.2) is 0 Å². The molecule has 3 N–H and O–H groups in total. The van der Waals surface area contributed by atoms with Crippen LogP contribution < -0.4 is 5.32 Å². The summed E-state index contributed by atoms with van der Waals surface area (Å²) in [5.41, 5.74) is 0. The van der Waals surface area contributed by atoms with Gasteiger partial charge in [-0.2, -0.15) is 0 Å². The van der Waals surface area contributed by atoms with Gasteiger partial charge in [0.1, 0.15) is 0 Å². The van der Waals surface area contributed by atoms with Crippen LogP contribution in [0.15, 0.2) is 24.3 Å². The van der Waals surface area contributed by atoms with E-state index in [1.807, 2.05) is 0 Å². The van der Waals surface area contributed by atoms with Crippen molar-refractivity contribution in [3.05, 3.63) is 24.3 Å². The minimum Gasteiger partial charge on any atom is -0.465 e. The lowest BCUT2D eigenvalue weighted by Gasteiger charge is -2.22. The van der Waals surface area contributed by atoms with Gasteiger partial charge in [0, 0.05) is 12.8 Å². The fourth-order valence-electron chi connectivity index (χ4n) is 10.1. The first kappa shape index (κ1) is 69.3. The van der Waals surface area contributed by atoms with Crippen molar-refractivity contribution in [1.82, 2.24) is 5.32 Å². The van der Waals surface area contributed by atoms with Crippen LogP contribution in [0, 0.1) is 0 Å². The standard InChI is InChI=1S/C65H125NO5/c1-3-5-7-9-11-13-15-17-18-19-20-24-27-30-34-37-41-45-49-53-57-63(68)62(61-67)66-64(69)58-54-50-46-42-38-35-31-28-25-22-21-23-26-29-32-36-40-44-48-52-56-60-71-65(70)59-55-51-47-43-39-33-16-14-12-10-8-6-4-2/h36,40,48,52,62-63,67-68H,3-35,37-39,41-47,49-51,53-61H2,1-2H3,(H,66,69)/b40-36-,52-48-. The SMILES string of the molecule is CCCCCCCCCCCCCCCCCCCCCCC(O)C(CO)NC(=O)CCCCCCCCCCCCCCCC/C=C\C/C=C\CCOC(=O)CCCCCCCCCCCCCCC. The monoisotopic (exact) mass is 1000 g/mol. The predicted molar refractivity (Wildman–Crippen MR) is 310 cm³/mol. The molecule has 1 amide bonds. The molecule has 0 aromatic carbocycles. The molecule has 420 valence electrons. The molecule has 2 atom stereocenters. The maximum atomic E-state index is 12.5. The van der Waals surface area contributed by atoms with Gasteiger partial charge in [-0.25, -0.2) is 0 Å². The summed E-state index contributed by atoms with van der Waals surface area (Å²) in [4.78, 5) is 24.5. The largest absolute Gasteiger partial charge is 0.465 e. The van der Waals surface area contributed by atoms with Crippen LogP contribution in [-0.2, 0) is 14.3 Å². The number of ether oxygens (including phenoxy) is 1. The molecular weight excluding hydrogens is 875 g/mol. The van der Waals surface area contributed by atoms with Crippen LogP contribution in [-0.4, -0.2) is 47.4 Å². The number of carbonyl (C=O) groups excluding carboxylic acids is 2. The van der Waals surface area contributed by atoms with Gasteiger partial charge < -0.3 is 20.3 Å². The number of rotatable bonds is 60. The molecule has 0 fully saturated rings. The number of hydrogen-bond acceptors (Lipinski definition) is 5. The number of esters is 1. The van der Waals surface area contributed by atoms with Crippen molar-refractivity contribution in [1.29, 1.82) is 0 Å². The van der Waals surface area contributed by atoms with Crippen molar-refractivity contribution >= 4 is 11.9 Å². The molecule has 0 bridgehead atoms. The van der Waals surface area contributed by atoms with Gasteiger partial charge in [-0.1, -0.05) is 321 Å². The number of allylic oxidation sites excluding steroid dienone is 3. The third kappa shape index (κ3) is 57.5. The van der Waals surface area contributed by atoms with Gasteiger partial charge in [0.2, 0.25) is 5.91 Å². The van der Waals surface area contributed by atoms with E-state index in [1.54, 1.807) is 0 Å². The second-order valence-corrected chi connectivity index (χ2v) is 22.1. The Morgan fingerprint density at radius 3 is 1.07 bits per heavy atom. The van der Waals surface area contributed by atoms with E-state index in [-0.39, 0.29) is 18.5 Å². The van der Waals surface area contributed by atoms with E-state index in [1.165, 1.54) is 270 Å². The number of carbonyl (C=O) groups is 2. The molecule has 0 aliphatic heterocycles. The second-order valence-electron chi connectivity index (χ2n) is 22.1. The highest BCUT2D eigenvalue weighted by Gasteiger charge is 2.20. The van der Waals surface area contributed by atoms with Crippen molar-refractivity contribution in [2.75, 3.05) is 13.2 Å². The van der Waals surface area contributed by atoms with Crippen molar-refractivity contribution in [3.8, 4) is 0 Å². The number of unbranched alkanes of at least 4 members (excludes halogenated alkanes) is 45. The topological polar surface area (TPSA) is 95.9 Å². The molecule has 2 unspecified atom stereocenters. The van der Waals surface area contributed by atoms with E-state index in [4.69, 9.17) is 4.74 Å². The fraction of sp³-hybridized carbons (Fsp3) is 0.908. The molecule has 0 aliphatic carbocycles. The molecule has 6 nitrogen and oxygen atoms in total. The number of aliphatic hydroxyl groups is 2. The lowest BCUT2D eigenvalue weighted by atomic mass is 10.0. The molecule has 0 saturated carbocycles. The maximum Gasteiger partial charge on any atom is 0.305 e. The summed E-state index contributed by atoms with van der Waals surface area (Å²) >= 11 is 0. The van der Waals surface area contributed by atoms with Crippen molar-refractivity contribution in [2.45, 2.75) is 366 Å². The van der Waals surface area contributed by atoms with E-state index >= 15 is 0 Å². The third-order valence-corrected chi connectivity index (χ3v) is 15.0. The van der Waals surface area contributed by atoms with Crippen LogP contribution in [0.5, 0.6) is 0 Å². The Labute approximate surface area is 443 Å². The van der Waals surface area contributed by atoms with E-state index in [9.17, 15) is 19.8 Å². The summed E-state index contributed by atoms with van der Waals surface area (Å²) < 4.78 is 5.41. The Kier molecular flexibility index (Phi) is 59.5. The summed E-state index contributed by atoms with van der Waals surface area (Å²) in [6, 6.07) is -0.546. The molecule has 0 spiro atoms. The zero-order valence-corrected chi connectivity index (χ0v) is 48.0. The van der Waals surface area contributed by atoms with Crippen LogP contribution in [0.4, 0.5) is 0 Å². The smallest absolute Gasteiger partial charge is 0.305 e. The molecule has 0 aliphatic rings. The Morgan fingerprint density at radius 1 is 0.394 bits per heavy atom.